The summed E-state index contributed by atoms with van der Waals surface area (Å²) in [6.45, 7) is 10.5. The van der Waals surface area contributed by atoms with Gasteiger partial charge in [-0.2, -0.15) is 5.26 Å². The lowest BCUT2D eigenvalue weighted by Crippen LogP contribution is -2.42. The number of halogens is 1. The number of hydrogen-bond donors (Lipinski definition) is 2. The number of aromatic nitrogens is 1. The Morgan fingerprint density at radius 3 is 2.57 bits per heavy atom. The van der Waals surface area contributed by atoms with E-state index in [2.05, 4.69) is 23.3 Å². The predicted octanol–water partition coefficient (Wildman–Crippen LogP) is 6.38. The van der Waals surface area contributed by atoms with Gasteiger partial charge in [0.1, 0.15) is 16.6 Å². The molecule has 8 heteroatoms. The van der Waals surface area contributed by atoms with E-state index >= 15 is 0 Å². The zero-order chi connectivity index (χ0) is 26.4. The zero-order valence-corrected chi connectivity index (χ0v) is 22.2. The summed E-state index contributed by atoms with van der Waals surface area (Å²) in [7, 11) is -3.70. The van der Waals surface area contributed by atoms with Crippen molar-refractivity contribution >= 4 is 26.9 Å². The molecule has 1 aromatic heterocycles. The summed E-state index contributed by atoms with van der Waals surface area (Å²) in [6, 6.07) is 8.42. The molecule has 2 rings (SSSR count). The van der Waals surface area contributed by atoms with Crippen molar-refractivity contribution in [3.63, 3.8) is 0 Å². The van der Waals surface area contributed by atoms with Gasteiger partial charge in [-0.15, -0.1) is 0 Å². The molecule has 188 valence electrons. The van der Waals surface area contributed by atoms with Crippen LogP contribution in [0, 0.1) is 29.5 Å². The molecule has 0 aliphatic carbocycles. The monoisotopic (exact) mass is 498 g/mol. The number of rotatable bonds is 11. The number of unbranched alkanes of at least 4 members (excludes halogenated alkanes) is 1. The lowest BCUT2D eigenvalue weighted by molar-refractivity contribution is 0.564. The van der Waals surface area contributed by atoms with Crippen LogP contribution < -0.4 is 5.32 Å². The van der Waals surface area contributed by atoms with E-state index in [-0.39, 0.29) is 17.0 Å². The van der Waals surface area contributed by atoms with E-state index in [4.69, 9.17) is 10.7 Å². The van der Waals surface area contributed by atoms with Gasteiger partial charge in [0.2, 0.25) is 0 Å². The predicted molar refractivity (Wildman–Crippen MR) is 141 cm³/mol. The molecular formula is C27H35FN4O2S. The molecule has 0 radical (unpaired) electrons. The number of hydrogen-bond acceptors (Lipinski definition) is 6. The fourth-order valence-electron chi connectivity index (χ4n) is 3.81. The van der Waals surface area contributed by atoms with E-state index in [0.29, 0.717) is 23.4 Å². The Balaban J connectivity index is 2.40. The second-order valence-corrected chi connectivity index (χ2v) is 11.9. The lowest BCUT2D eigenvalue weighted by Gasteiger charge is -2.27. The molecule has 6 nitrogen and oxygen atoms in total. The van der Waals surface area contributed by atoms with Gasteiger partial charge >= 0.3 is 0 Å². The maximum Gasteiger partial charge on any atom is 0.161 e. The van der Waals surface area contributed by atoms with Crippen molar-refractivity contribution in [2.45, 2.75) is 71.5 Å². The first-order valence-electron chi connectivity index (χ1n) is 11.8. The van der Waals surface area contributed by atoms with Gasteiger partial charge < -0.3 is 10.7 Å². The molecule has 2 N–H and O–H groups in total. The minimum atomic E-state index is -3.70. The highest BCUT2D eigenvalue weighted by Gasteiger charge is 2.38. The van der Waals surface area contributed by atoms with Crippen LogP contribution in [0.25, 0.3) is 5.70 Å². The number of benzene rings is 1. The fraction of sp³-hybridized carbons (Fsp3) is 0.444. The molecule has 1 heterocycles. The largest absolute Gasteiger partial charge is 0.354 e. The molecule has 1 atom stereocenters. The SMILES string of the molecule is CCC/C=C(/Nc1ccc(F)c(C(C)CS(=O)(=O)C(C)(C)C(=N)CC)c1)c1ncc(C#N)cc1C. The van der Waals surface area contributed by atoms with E-state index in [1.54, 1.807) is 32.0 Å². The number of nitrogens with one attached hydrogen (secondary N) is 2. The summed E-state index contributed by atoms with van der Waals surface area (Å²) in [5.74, 6) is -1.35. The van der Waals surface area contributed by atoms with Crippen LogP contribution in [0.5, 0.6) is 0 Å². The van der Waals surface area contributed by atoms with Gasteiger partial charge in [-0.1, -0.05) is 33.3 Å². The highest BCUT2D eigenvalue weighted by molar-refractivity contribution is 7.93. The van der Waals surface area contributed by atoms with Crippen LogP contribution in [-0.4, -0.2) is 29.6 Å². The highest BCUT2D eigenvalue weighted by atomic mass is 32.2. The molecular weight excluding hydrogens is 463 g/mol. The summed E-state index contributed by atoms with van der Waals surface area (Å²) in [5.41, 5.74) is 3.77. The normalized spacial score (nSPS) is 13.3. The third-order valence-corrected chi connectivity index (χ3v) is 8.97. The van der Waals surface area contributed by atoms with Crippen LogP contribution in [0.15, 0.2) is 36.5 Å². The number of nitrogens with zero attached hydrogens (tertiary/aromatic N) is 2. The standard InChI is InChI=1S/C27H35FN4O2S/c1-7-9-10-24(26-18(3)13-20(15-29)16-31-26)32-21-11-12-23(28)22(14-21)19(4)17-35(33,34)27(5,6)25(30)8-2/h10-14,16,19,30,32H,7-9,17H2,1-6H3/b24-10+,30-25?. The molecule has 0 amide bonds. The number of allylic oxidation sites excluding steroid dienone is 1. The van der Waals surface area contributed by atoms with Crippen molar-refractivity contribution in [1.82, 2.24) is 4.98 Å². The fourth-order valence-corrected chi connectivity index (χ4v) is 5.58. The molecule has 0 aliphatic rings. The Kier molecular flexibility index (Phi) is 9.33. The van der Waals surface area contributed by atoms with Crippen LogP contribution in [0.4, 0.5) is 10.1 Å². The summed E-state index contributed by atoms with van der Waals surface area (Å²) < 4.78 is 39.7. The summed E-state index contributed by atoms with van der Waals surface area (Å²) in [4.78, 5) is 4.45. The lowest BCUT2D eigenvalue weighted by atomic mass is 10.0. The molecule has 35 heavy (non-hydrogen) atoms. The molecule has 1 aromatic carbocycles. The molecule has 0 fully saturated rings. The van der Waals surface area contributed by atoms with E-state index < -0.39 is 26.3 Å². The first-order valence-corrected chi connectivity index (χ1v) is 13.5. The maximum atomic E-state index is 14.8. The van der Waals surface area contributed by atoms with Crippen LogP contribution >= 0.6 is 0 Å². The van der Waals surface area contributed by atoms with E-state index in [1.807, 2.05) is 13.0 Å². The second kappa shape index (κ2) is 11.6. The first-order chi connectivity index (χ1) is 16.4. The molecule has 0 aliphatic heterocycles. The van der Waals surface area contributed by atoms with E-state index in [1.165, 1.54) is 26.1 Å². The number of sulfone groups is 1. The number of nitriles is 1. The van der Waals surface area contributed by atoms with Gasteiger partial charge in [0.15, 0.2) is 9.84 Å². The molecule has 0 saturated carbocycles. The number of anilines is 1. The Hall–Kier alpha value is -3.05. The van der Waals surface area contributed by atoms with Crippen LogP contribution in [-0.2, 0) is 9.84 Å². The van der Waals surface area contributed by atoms with Crippen molar-refractivity contribution in [3.8, 4) is 6.07 Å². The molecule has 0 bridgehead atoms. The van der Waals surface area contributed by atoms with Crippen LogP contribution in [0.1, 0.15) is 82.2 Å². The minimum absolute atomic E-state index is 0.136. The Labute approximate surface area is 208 Å². The molecule has 0 spiro atoms. The summed E-state index contributed by atoms with van der Waals surface area (Å²) >= 11 is 0. The van der Waals surface area contributed by atoms with Gasteiger partial charge in [-0.3, -0.25) is 4.98 Å². The average Bonchev–Trinajstić information content (AvgIpc) is 2.81. The highest BCUT2D eigenvalue weighted by Crippen LogP contribution is 2.30. The third kappa shape index (κ3) is 6.55. The Bertz CT molecular complexity index is 1260. The second-order valence-electron chi connectivity index (χ2n) is 9.29. The van der Waals surface area contributed by atoms with Crippen molar-refractivity contribution in [3.05, 3.63) is 64.7 Å². The van der Waals surface area contributed by atoms with Gasteiger partial charge in [-0.05, 0) is 74.9 Å². The molecule has 0 saturated heterocycles. The van der Waals surface area contributed by atoms with Crippen molar-refractivity contribution in [2.75, 3.05) is 11.1 Å². The van der Waals surface area contributed by atoms with Gasteiger partial charge in [0.05, 0.1) is 22.7 Å². The maximum absolute atomic E-state index is 14.8. The number of pyridine rings is 1. The van der Waals surface area contributed by atoms with Crippen molar-refractivity contribution in [2.24, 2.45) is 0 Å². The zero-order valence-electron chi connectivity index (χ0n) is 21.4. The third-order valence-electron chi connectivity index (χ3n) is 6.23. The van der Waals surface area contributed by atoms with Crippen LogP contribution in [0.3, 0.4) is 0 Å². The quantitative estimate of drug-likeness (QED) is 0.350. The van der Waals surface area contributed by atoms with E-state index in [0.717, 1.165) is 24.1 Å². The van der Waals surface area contributed by atoms with E-state index in [9.17, 15) is 12.8 Å². The Morgan fingerprint density at radius 1 is 1.31 bits per heavy atom. The molecule has 1 unspecified atom stereocenters. The topological polar surface area (TPSA) is 107 Å². The number of aryl methyl sites for hydroxylation is 1. The van der Waals surface area contributed by atoms with Crippen LogP contribution in [0.2, 0.25) is 0 Å². The van der Waals surface area contributed by atoms with Gasteiger partial charge in [-0.25, -0.2) is 12.8 Å². The van der Waals surface area contributed by atoms with Crippen molar-refractivity contribution in [1.29, 1.82) is 10.7 Å². The smallest absolute Gasteiger partial charge is 0.161 e. The minimum Gasteiger partial charge on any atom is -0.354 e. The van der Waals surface area contributed by atoms with Gasteiger partial charge in [0.25, 0.3) is 0 Å². The van der Waals surface area contributed by atoms with Crippen molar-refractivity contribution < 1.29 is 12.8 Å². The molecule has 2 aromatic rings. The van der Waals surface area contributed by atoms with Gasteiger partial charge in [0, 0.05) is 17.6 Å². The summed E-state index contributed by atoms with van der Waals surface area (Å²) in [5, 5.41) is 20.5. The Morgan fingerprint density at radius 2 is 2.00 bits per heavy atom. The summed E-state index contributed by atoms with van der Waals surface area (Å²) in [6.07, 6.45) is 5.58. The first kappa shape index (κ1) is 28.2. The average molecular weight is 499 g/mol.